The highest BCUT2D eigenvalue weighted by molar-refractivity contribution is 5.74. The summed E-state index contributed by atoms with van der Waals surface area (Å²) in [4.78, 5) is 21.2. The van der Waals surface area contributed by atoms with Gasteiger partial charge in [-0.15, -0.1) is 0 Å². The number of esters is 1. The Hall–Kier alpha value is -2.18. The summed E-state index contributed by atoms with van der Waals surface area (Å²) in [5, 5.41) is 10.7. The minimum Gasteiger partial charge on any atom is -0.470 e. The van der Waals surface area contributed by atoms with E-state index in [1.807, 2.05) is 0 Å². The lowest BCUT2D eigenvalue weighted by Gasteiger charge is -2.13. The Morgan fingerprint density at radius 1 is 1.56 bits per heavy atom. The molecule has 1 atom stereocenters. The van der Waals surface area contributed by atoms with Crippen molar-refractivity contribution in [2.24, 2.45) is 0 Å². The van der Waals surface area contributed by atoms with Crippen LogP contribution in [0.5, 0.6) is 5.75 Å². The molecule has 6 nitrogen and oxygen atoms in total. The summed E-state index contributed by atoms with van der Waals surface area (Å²) >= 11 is 0. The van der Waals surface area contributed by atoms with Gasteiger partial charge in [0.1, 0.15) is 0 Å². The molecule has 0 radical (unpaired) electrons. The number of benzene rings is 1. The highest BCUT2D eigenvalue weighted by Crippen LogP contribution is 2.30. The minimum atomic E-state index is -1.12. The maximum absolute atomic E-state index is 13.4. The lowest BCUT2D eigenvalue weighted by Crippen LogP contribution is -2.26. The highest BCUT2D eigenvalue weighted by Gasteiger charge is 2.24. The largest absolute Gasteiger partial charge is 0.470 e. The molecule has 1 rings (SSSR count). The number of halogens is 1. The number of hydrogen-bond donors (Lipinski definition) is 0. The van der Waals surface area contributed by atoms with Crippen molar-refractivity contribution >= 4 is 11.7 Å². The molecule has 98 valence electrons. The van der Waals surface area contributed by atoms with E-state index in [1.54, 1.807) is 6.92 Å². The van der Waals surface area contributed by atoms with Crippen LogP contribution in [0.15, 0.2) is 18.2 Å². The Morgan fingerprint density at radius 2 is 2.22 bits per heavy atom. The first-order valence-electron chi connectivity index (χ1n) is 5.23. The number of nitro groups is 1. The average Bonchev–Trinajstić information content (AvgIpc) is 2.31. The van der Waals surface area contributed by atoms with Crippen molar-refractivity contribution in [2.45, 2.75) is 20.0 Å². The number of nitro benzene ring substituents is 1. The topological polar surface area (TPSA) is 78.7 Å². The van der Waals surface area contributed by atoms with Crippen molar-refractivity contribution in [1.82, 2.24) is 0 Å². The van der Waals surface area contributed by atoms with E-state index in [1.165, 1.54) is 13.0 Å². The number of nitrogens with zero attached hydrogens (tertiary/aromatic N) is 1. The second-order valence-electron chi connectivity index (χ2n) is 3.36. The second-order valence-corrected chi connectivity index (χ2v) is 3.36. The number of hydrogen-bond acceptors (Lipinski definition) is 5. The Labute approximate surface area is 102 Å². The minimum absolute atomic E-state index is 0.145. The van der Waals surface area contributed by atoms with Crippen LogP contribution in [0.2, 0.25) is 0 Å². The van der Waals surface area contributed by atoms with E-state index in [-0.39, 0.29) is 6.61 Å². The zero-order valence-corrected chi connectivity index (χ0v) is 9.88. The number of para-hydroxylation sites is 1. The van der Waals surface area contributed by atoms with Crippen LogP contribution >= 0.6 is 0 Å². The Bertz CT molecular complexity index is 463. The van der Waals surface area contributed by atoms with Gasteiger partial charge in [-0.3, -0.25) is 10.1 Å². The van der Waals surface area contributed by atoms with E-state index in [4.69, 9.17) is 4.74 Å². The Kier molecular flexibility index (Phi) is 4.59. The standard InChI is InChI=1S/C11H12FNO5/c1-3-17-11(14)7(2)18-10-8(12)5-4-6-9(10)13(15)16/h4-7H,3H2,1-2H3/t7-/m0/s1. The molecule has 0 saturated heterocycles. The Balaban J connectivity index is 2.96. The smallest absolute Gasteiger partial charge is 0.347 e. The molecule has 0 saturated carbocycles. The van der Waals surface area contributed by atoms with Gasteiger partial charge in [0.25, 0.3) is 0 Å². The van der Waals surface area contributed by atoms with Gasteiger partial charge < -0.3 is 9.47 Å². The summed E-state index contributed by atoms with van der Waals surface area (Å²) < 4.78 is 23.1. The fourth-order valence-electron chi connectivity index (χ4n) is 1.24. The van der Waals surface area contributed by atoms with Crippen LogP contribution in [0.1, 0.15) is 13.8 Å². The summed E-state index contributed by atoms with van der Waals surface area (Å²) in [5.41, 5.74) is -0.536. The first kappa shape index (κ1) is 13.9. The number of rotatable bonds is 5. The molecule has 0 aliphatic heterocycles. The van der Waals surface area contributed by atoms with Crippen LogP contribution in [-0.4, -0.2) is 23.6 Å². The SMILES string of the molecule is CCOC(=O)[C@H](C)Oc1c(F)cccc1[N+](=O)[O-]. The molecular weight excluding hydrogens is 245 g/mol. The van der Waals surface area contributed by atoms with Crippen LogP contribution in [0, 0.1) is 15.9 Å². The van der Waals surface area contributed by atoms with Gasteiger partial charge in [-0.2, -0.15) is 0 Å². The molecule has 0 aliphatic rings. The maximum atomic E-state index is 13.4. The molecule has 7 heteroatoms. The quantitative estimate of drug-likeness (QED) is 0.458. The predicted molar refractivity (Wildman–Crippen MR) is 59.8 cm³/mol. The fraction of sp³-hybridized carbons (Fsp3) is 0.364. The van der Waals surface area contributed by atoms with Crippen LogP contribution in [-0.2, 0) is 9.53 Å². The molecule has 18 heavy (non-hydrogen) atoms. The summed E-state index contributed by atoms with van der Waals surface area (Å²) in [5.74, 6) is -2.18. The molecule has 0 unspecified atom stereocenters. The monoisotopic (exact) mass is 257 g/mol. The van der Waals surface area contributed by atoms with Crippen molar-refractivity contribution in [3.05, 3.63) is 34.1 Å². The normalized spacial score (nSPS) is 11.7. The van der Waals surface area contributed by atoms with E-state index in [0.29, 0.717) is 0 Å². The van der Waals surface area contributed by atoms with Crippen LogP contribution in [0.25, 0.3) is 0 Å². The third-order valence-electron chi connectivity index (χ3n) is 2.06. The van der Waals surface area contributed by atoms with Crippen LogP contribution in [0.3, 0.4) is 0 Å². The van der Waals surface area contributed by atoms with Crippen molar-refractivity contribution in [3.63, 3.8) is 0 Å². The molecule has 0 fully saturated rings. The van der Waals surface area contributed by atoms with Gasteiger partial charge >= 0.3 is 11.7 Å². The molecule has 0 amide bonds. The molecule has 0 N–H and O–H groups in total. The van der Waals surface area contributed by atoms with E-state index < -0.39 is 34.3 Å². The van der Waals surface area contributed by atoms with Gasteiger partial charge in [0, 0.05) is 6.07 Å². The van der Waals surface area contributed by atoms with Gasteiger partial charge in [-0.25, -0.2) is 9.18 Å². The number of carbonyl (C=O) groups excluding carboxylic acids is 1. The van der Waals surface area contributed by atoms with Crippen molar-refractivity contribution in [2.75, 3.05) is 6.61 Å². The molecular formula is C11H12FNO5. The van der Waals surface area contributed by atoms with Crippen molar-refractivity contribution in [3.8, 4) is 5.75 Å². The van der Waals surface area contributed by atoms with Gasteiger partial charge in [0.2, 0.25) is 5.75 Å². The summed E-state index contributed by atoms with van der Waals surface area (Å²) in [6, 6.07) is 3.30. The summed E-state index contributed by atoms with van der Waals surface area (Å²) in [6.07, 6.45) is -1.12. The van der Waals surface area contributed by atoms with E-state index in [2.05, 4.69) is 4.74 Å². The molecule has 0 spiro atoms. The molecule has 0 aliphatic carbocycles. The zero-order valence-electron chi connectivity index (χ0n) is 9.88. The van der Waals surface area contributed by atoms with Gasteiger partial charge in [0.15, 0.2) is 11.9 Å². The fourth-order valence-corrected chi connectivity index (χ4v) is 1.24. The van der Waals surface area contributed by atoms with Crippen LogP contribution < -0.4 is 4.74 Å². The van der Waals surface area contributed by atoms with E-state index in [9.17, 15) is 19.3 Å². The summed E-state index contributed by atoms with van der Waals surface area (Å²) in [6.45, 7) is 3.08. The van der Waals surface area contributed by atoms with Gasteiger partial charge in [-0.1, -0.05) is 6.07 Å². The molecule has 0 bridgehead atoms. The third kappa shape index (κ3) is 3.16. The third-order valence-corrected chi connectivity index (χ3v) is 2.06. The maximum Gasteiger partial charge on any atom is 0.347 e. The second kappa shape index (κ2) is 5.95. The predicted octanol–water partition coefficient (Wildman–Crippen LogP) is 2.06. The zero-order chi connectivity index (χ0) is 13.7. The van der Waals surface area contributed by atoms with Crippen molar-refractivity contribution in [1.29, 1.82) is 0 Å². The molecule has 0 heterocycles. The lowest BCUT2D eigenvalue weighted by atomic mass is 10.3. The van der Waals surface area contributed by atoms with Crippen LogP contribution in [0.4, 0.5) is 10.1 Å². The van der Waals surface area contributed by atoms with E-state index in [0.717, 1.165) is 12.1 Å². The van der Waals surface area contributed by atoms with Gasteiger partial charge in [0.05, 0.1) is 11.5 Å². The average molecular weight is 257 g/mol. The van der Waals surface area contributed by atoms with Gasteiger partial charge in [-0.05, 0) is 19.9 Å². The van der Waals surface area contributed by atoms with Crippen molar-refractivity contribution < 1.29 is 23.6 Å². The highest BCUT2D eigenvalue weighted by atomic mass is 19.1. The van der Waals surface area contributed by atoms with E-state index >= 15 is 0 Å². The first-order chi connectivity index (χ1) is 8.47. The first-order valence-corrected chi connectivity index (χ1v) is 5.23. The summed E-state index contributed by atoms with van der Waals surface area (Å²) in [7, 11) is 0. The molecule has 0 aromatic heterocycles. The number of carbonyl (C=O) groups is 1. The number of ether oxygens (including phenoxy) is 2. The lowest BCUT2D eigenvalue weighted by molar-refractivity contribution is -0.386. The Morgan fingerprint density at radius 3 is 2.78 bits per heavy atom. The molecule has 1 aromatic rings. The molecule has 1 aromatic carbocycles.